The zero-order valence-electron chi connectivity index (χ0n) is 33.3. The summed E-state index contributed by atoms with van der Waals surface area (Å²) in [7, 11) is 3.87. The van der Waals surface area contributed by atoms with Gasteiger partial charge in [0, 0.05) is 90.2 Å². The maximum absolute atomic E-state index is 15.9. The number of ether oxygens (including phenoxy) is 2. The number of hydrogen-bond donors (Lipinski definition) is 2. The van der Waals surface area contributed by atoms with E-state index in [2.05, 4.69) is 86.5 Å². The minimum Gasteiger partial charge on any atom is -0.485 e. The van der Waals surface area contributed by atoms with Gasteiger partial charge in [-0.1, -0.05) is 60.7 Å². The predicted octanol–water partition coefficient (Wildman–Crippen LogP) is 10.5. The molecule has 3 unspecified atom stereocenters. The summed E-state index contributed by atoms with van der Waals surface area (Å²) in [6, 6.07) is 34.0. The van der Waals surface area contributed by atoms with Crippen LogP contribution in [0.2, 0.25) is 0 Å². The Balaban J connectivity index is 0.949. The van der Waals surface area contributed by atoms with E-state index in [1.165, 1.54) is 28.3 Å². The number of thiophene rings is 2. The highest BCUT2D eigenvalue weighted by Crippen LogP contribution is 2.40. The number of benzene rings is 4. The van der Waals surface area contributed by atoms with E-state index in [1.807, 2.05) is 49.8 Å². The molecule has 0 spiro atoms. The molecule has 3 atom stereocenters. The Labute approximate surface area is 349 Å². The first kappa shape index (κ1) is 40.2. The topological polar surface area (TPSA) is 49.0 Å². The van der Waals surface area contributed by atoms with Crippen molar-refractivity contribution >= 4 is 28.4 Å². The first-order valence-electron chi connectivity index (χ1n) is 20.4. The highest BCUT2D eigenvalue weighted by molar-refractivity contribution is 7.10. The third kappa shape index (κ3) is 9.64. The minimum atomic E-state index is -0.264. The van der Waals surface area contributed by atoms with Gasteiger partial charge in [0.1, 0.15) is 35.3 Å². The molecule has 4 aromatic carbocycles. The summed E-state index contributed by atoms with van der Waals surface area (Å²) in [5.41, 5.74) is 7.68. The molecule has 6 aromatic rings. The molecule has 0 saturated heterocycles. The van der Waals surface area contributed by atoms with Crippen LogP contribution in [-0.4, -0.2) is 45.2 Å². The van der Waals surface area contributed by atoms with Crippen molar-refractivity contribution < 1.29 is 18.3 Å². The number of halogens is 2. The van der Waals surface area contributed by atoms with Gasteiger partial charge in [0.25, 0.3) is 0 Å². The van der Waals surface area contributed by atoms with Crippen LogP contribution in [0.1, 0.15) is 74.1 Å². The van der Waals surface area contributed by atoms with Gasteiger partial charge < -0.3 is 25.0 Å². The fourth-order valence-electron chi connectivity index (χ4n) is 8.28. The number of hydrogen-bond acceptors (Lipinski definition) is 8. The lowest BCUT2D eigenvalue weighted by Gasteiger charge is -2.36. The molecule has 10 heteroatoms. The lowest BCUT2D eigenvalue weighted by molar-refractivity contribution is 0.197. The molecule has 8 rings (SSSR count). The molecule has 2 aliphatic heterocycles. The van der Waals surface area contributed by atoms with Crippen LogP contribution in [0, 0.1) is 11.6 Å². The van der Waals surface area contributed by atoms with Gasteiger partial charge in [-0.2, -0.15) is 0 Å². The van der Waals surface area contributed by atoms with Crippen LogP contribution >= 0.6 is 22.7 Å². The Morgan fingerprint density at radius 3 is 2.03 bits per heavy atom. The molecule has 302 valence electrons. The molecule has 2 N–H and O–H groups in total. The molecular formula is C48H52F2N4O2S2. The van der Waals surface area contributed by atoms with Crippen LogP contribution in [0.25, 0.3) is 0 Å². The molecule has 4 heterocycles. The van der Waals surface area contributed by atoms with Crippen molar-refractivity contribution in [2.75, 3.05) is 45.2 Å². The van der Waals surface area contributed by atoms with Crippen molar-refractivity contribution in [1.29, 1.82) is 0 Å². The summed E-state index contributed by atoms with van der Waals surface area (Å²) in [6.07, 6.45) is 3.05. The number of nitrogens with one attached hydrogen (secondary N) is 2. The van der Waals surface area contributed by atoms with Gasteiger partial charge in [0.05, 0.1) is 0 Å². The van der Waals surface area contributed by atoms with Gasteiger partial charge in [-0.3, -0.25) is 4.90 Å². The third-order valence-corrected chi connectivity index (χ3v) is 13.4. The average molecular weight is 819 g/mol. The number of anilines is 1. The van der Waals surface area contributed by atoms with Crippen molar-refractivity contribution in [1.82, 2.24) is 15.5 Å². The second kappa shape index (κ2) is 19.0. The Morgan fingerprint density at radius 1 is 0.707 bits per heavy atom. The van der Waals surface area contributed by atoms with E-state index in [4.69, 9.17) is 9.47 Å². The zero-order chi connectivity index (χ0) is 39.8. The standard InChI is InChI=1S/C48H52F2N4O2S2/c1-51-20-17-45(47-12-7-23-57-47)55-40-16-14-37(43(50)27-40)30-54-31-38(24-34-9-5-6-11-44(34)54)39-25-48(58-32-39)46(18-21-52-2)56-41-15-13-36(42(49)26-41)29-53-22-19-33-8-3-4-10-35(33)28-53/h3-16,23,25-27,32,38,45-46,51-52H,17-22,24,28-31H2,1-2H3. The third-order valence-electron chi connectivity index (χ3n) is 11.4. The fourth-order valence-corrected chi connectivity index (χ4v) is 10.1. The molecule has 0 amide bonds. The lowest BCUT2D eigenvalue weighted by atomic mass is 9.88. The maximum Gasteiger partial charge on any atom is 0.134 e. The van der Waals surface area contributed by atoms with Gasteiger partial charge in [0.2, 0.25) is 0 Å². The van der Waals surface area contributed by atoms with Gasteiger partial charge in [-0.05, 0) is 103 Å². The van der Waals surface area contributed by atoms with E-state index in [0.29, 0.717) is 35.7 Å². The summed E-state index contributed by atoms with van der Waals surface area (Å²) < 4.78 is 44.4. The van der Waals surface area contributed by atoms with Crippen molar-refractivity contribution in [2.24, 2.45) is 0 Å². The van der Waals surface area contributed by atoms with Gasteiger partial charge in [-0.25, -0.2) is 8.78 Å². The van der Waals surface area contributed by atoms with E-state index < -0.39 is 0 Å². The van der Waals surface area contributed by atoms with E-state index in [9.17, 15) is 0 Å². The molecule has 2 aliphatic rings. The fraction of sp³-hybridized carbons (Fsp3) is 0.333. The van der Waals surface area contributed by atoms with Crippen molar-refractivity contribution in [2.45, 2.75) is 63.4 Å². The molecule has 0 fully saturated rings. The summed E-state index contributed by atoms with van der Waals surface area (Å²) in [6.45, 7) is 5.09. The van der Waals surface area contributed by atoms with E-state index in [0.717, 1.165) is 73.8 Å². The van der Waals surface area contributed by atoms with Gasteiger partial charge in [-0.15, -0.1) is 22.7 Å². The average Bonchev–Trinajstić information content (AvgIpc) is 3.97. The van der Waals surface area contributed by atoms with Gasteiger partial charge in [0.15, 0.2) is 0 Å². The Kier molecular flexibility index (Phi) is 13.2. The Bertz CT molecular complexity index is 2260. The van der Waals surface area contributed by atoms with Gasteiger partial charge >= 0.3 is 0 Å². The molecule has 0 aliphatic carbocycles. The summed E-state index contributed by atoms with van der Waals surface area (Å²) in [5.74, 6) is 0.795. The normalized spacial score (nSPS) is 16.4. The Morgan fingerprint density at radius 2 is 1.36 bits per heavy atom. The van der Waals surface area contributed by atoms with Crippen LogP contribution in [0.4, 0.5) is 14.5 Å². The highest BCUT2D eigenvalue weighted by atomic mass is 32.1. The SMILES string of the molecule is CNCCC(Oc1ccc(CN2CC(c3csc(C(CCNC)Oc4ccc(CN5CCc6ccccc6C5)c(F)c4)c3)Cc3ccccc32)c(F)c1)c1cccs1. The maximum atomic E-state index is 15.9. The summed E-state index contributed by atoms with van der Waals surface area (Å²) in [4.78, 5) is 6.87. The number of para-hydroxylation sites is 1. The largest absolute Gasteiger partial charge is 0.485 e. The Hall–Kier alpha value is -4.58. The predicted molar refractivity (Wildman–Crippen MR) is 233 cm³/mol. The van der Waals surface area contributed by atoms with Crippen LogP contribution in [0.5, 0.6) is 11.5 Å². The quantitative estimate of drug-likeness (QED) is 0.0956. The van der Waals surface area contributed by atoms with Crippen LogP contribution in [0.15, 0.2) is 114 Å². The van der Waals surface area contributed by atoms with E-state index >= 15 is 8.78 Å². The first-order chi connectivity index (χ1) is 28.4. The molecule has 6 nitrogen and oxygen atoms in total. The first-order valence-corrected chi connectivity index (χ1v) is 22.1. The number of rotatable bonds is 17. The summed E-state index contributed by atoms with van der Waals surface area (Å²) in [5, 5.41) is 10.8. The van der Waals surface area contributed by atoms with Crippen molar-refractivity contribution in [3.05, 3.63) is 169 Å². The zero-order valence-corrected chi connectivity index (χ0v) is 34.9. The molecule has 0 radical (unpaired) electrons. The van der Waals surface area contributed by atoms with Crippen molar-refractivity contribution in [3.8, 4) is 11.5 Å². The lowest BCUT2D eigenvalue weighted by Crippen LogP contribution is -2.34. The van der Waals surface area contributed by atoms with Crippen LogP contribution in [0.3, 0.4) is 0 Å². The van der Waals surface area contributed by atoms with E-state index in [-0.39, 0.29) is 29.8 Å². The molecular weight excluding hydrogens is 767 g/mol. The number of fused-ring (bicyclic) bond motifs is 2. The molecule has 0 saturated carbocycles. The smallest absolute Gasteiger partial charge is 0.134 e. The molecule has 0 bridgehead atoms. The van der Waals surface area contributed by atoms with Crippen LogP contribution < -0.4 is 25.0 Å². The monoisotopic (exact) mass is 818 g/mol. The van der Waals surface area contributed by atoms with Crippen LogP contribution in [-0.2, 0) is 32.5 Å². The second-order valence-electron chi connectivity index (χ2n) is 15.4. The van der Waals surface area contributed by atoms with Crippen molar-refractivity contribution in [3.63, 3.8) is 0 Å². The molecule has 2 aromatic heterocycles. The summed E-state index contributed by atoms with van der Waals surface area (Å²) >= 11 is 3.35. The molecule has 58 heavy (non-hydrogen) atoms. The van der Waals surface area contributed by atoms with E-state index in [1.54, 1.807) is 28.7 Å². The minimum absolute atomic E-state index is 0.137. The highest BCUT2D eigenvalue weighted by Gasteiger charge is 2.28. The number of nitrogens with zero attached hydrogens (tertiary/aromatic N) is 2. The second-order valence-corrected chi connectivity index (χ2v) is 17.4.